The van der Waals surface area contributed by atoms with E-state index in [0.29, 0.717) is 12.4 Å². The molecule has 0 aliphatic carbocycles. The summed E-state index contributed by atoms with van der Waals surface area (Å²) in [5.41, 5.74) is 1.41. The number of carbonyl (C=O) groups is 1. The van der Waals surface area contributed by atoms with Crippen LogP contribution in [0, 0.1) is 8.99 Å². The fourth-order valence-electron chi connectivity index (χ4n) is 2.24. The minimum absolute atomic E-state index is 0.00499. The molecule has 0 saturated carbocycles. The molecule has 0 aliphatic rings. The first-order chi connectivity index (χ1) is 9.39. The molecule has 1 aromatic heterocycles. The SMILES string of the molecule is CNC(=O)C(C)(C)Cn1c(CCl)nc2cc(I)ccc21. The summed E-state index contributed by atoms with van der Waals surface area (Å²) in [5, 5.41) is 2.71. The Morgan fingerprint density at radius 3 is 2.80 bits per heavy atom. The van der Waals surface area contributed by atoms with Gasteiger partial charge in [0.2, 0.25) is 5.91 Å². The summed E-state index contributed by atoms with van der Waals surface area (Å²) in [5.74, 6) is 1.13. The standard InChI is InChI=1S/C14H17ClIN3O/c1-14(2,13(20)17-3)8-19-11-5-4-9(16)6-10(11)18-12(19)7-15/h4-6H,7-8H2,1-3H3,(H,17,20). The molecule has 20 heavy (non-hydrogen) atoms. The van der Waals surface area contributed by atoms with Crippen LogP contribution in [0.5, 0.6) is 0 Å². The second-order valence-electron chi connectivity index (χ2n) is 5.34. The lowest BCUT2D eigenvalue weighted by molar-refractivity contribution is -0.129. The van der Waals surface area contributed by atoms with Crippen molar-refractivity contribution >= 4 is 51.1 Å². The van der Waals surface area contributed by atoms with Gasteiger partial charge in [0, 0.05) is 17.2 Å². The van der Waals surface area contributed by atoms with Gasteiger partial charge in [0.25, 0.3) is 0 Å². The Morgan fingerprint density at radius 1 is 1.50 bits per heavy atom. The average molecular weight is 406 g/mol. The number of aromatic nitrogens is 2. The molecule has 1 N–H and O–H groups in total. The maximum atomic E-state index is 12.0. The second kappa shape index (κ2) is 5.89. The van der Waals surface area contributed by atoms with Crippen molar-refractivity contribution in [3.63, 3.8) is 0 Å². The number of halogens is 2. The maximum absolute atomic E-state index is 12.0. The number of fused-ring (bicyclic) bond motifs is 1. The highest BCUT2D eigenvalue weighted by atomic mass is 127. The normalized spacial score (nSPS) is 11.8. The van der Waals surface area contributed by atoms with E-state index in [4.69, 9.17) is 11.6 Å². The number of nitrogens with one attached hydrogen (secondary N) is 1. The third kappa shape index (κ3) is 2.93. The van der Waals surface area contributed by atoms with E-state index in [1.165, 1.54) is 0 Å². The molecule has 2 rings (SSSR count). The molecule has 2 aromatic rings. The van der Waals surface area contributed by atoms with Gasteiger partial charge in [0.05, 0.1) is 22.3 Å². The molecular weight excluding hydrogens is 389 g/mol. The average Bonchev–Trinajstić information content (AvgIpc) is 2.74. The van der Waals surface area contributed by atoms with Crippen molar-refractivity contribution in [1.29, 1.82) is 0 Å². The molecule has 4 nitrogen and oxygen atoms in total. The molecule has 0 fully saturated rings. The maximum Gasteiger partial charge on any atom is 0.227 e. The molecule has 0 radical (unpaired) electrons. The molecule has 0 atom stereocenters. The van der Waals surface area contributed by atoms with E-state index in [-0.39, 0.29) is 5.91 Å². The molecule has 0 aliphatic heterocycles. The summed E-state index contributed by atoms with van der Waals surface area (Å²) >= 11 is 8.26. The molecule has 6 heteroatoms. The number of nitrogens with zero attached hydrogens (tertiary/aromatic N) is 2. The van der Waals surface area contributed by atoms with Gasteiger partial charge in [-0.3, -0.25) is 4.79 Å². The van der Waals surface area contributed by atoms with E-state index in [9.17, 15) is 4.79 Å². The Balaban J connectivity index is 2.50. The minimum Gasteiger partial charge on any atom is -0.359 e. The van der Waals surface area contributed by atoms with E-state index in [1.54, 1.807) is 7.05 Å². The number of carbonyl (C=O) groups excluding carboxylic acids is 1. The van der Waals surface area contributed by atoms with Crippen molar-refractivity contribution in [2.24, 2.45) is 5.41 Å². The van der Waals surface area contributed by atoms with Gasteiger partial charge in [0.15, 0.2) is 0 Å². The number of amides is 1. The van der Waals surface area contributed by atoms with E-state index in [2.05, 4.69) is 32.9 Å². The molecule has 108 valence electrons. The third-order valence-electron chi connectivity index (χ3n) is 3.30. The molecule has 0 unspecified atom stereocenters. The van der Waals surface area contributed by atoms with Crippen molar-refractivity contribution in [3.8, 4) is 0 Å². The van der Waals surface area contributed by atoms with Crippen LogP contribution in [-0.4, -0.2) is 22.5 Å². The van der Waals surface area contributed by atoms with Gasteiger partial charge in [-0.2, -0.15) is 0 Å². The highest BCUT2D eigenvalue weighted by Crippen LogP contribution is 2.25. The lowest BCUT2D eigenvalue weighted by Crippen LogP contribution is -2.38. The van der Waals surface area contributed by atoms with Crippen molar-refractivity contribution < 1.29 is 4.79 Å². The number of hydrogen-bond donors (Lipinski definition) is 1. The van der Waals surface area contributed by atoms with Gasteiger partial charge < -0.3 is 9.88 Å². The summed E-state index contributed by atoms with van der Waals surface area (Å²) in [4.78, 5) is 16.5. The quantitative estimate of drug-likeness (QED) is 0.627. The van der Waals surface area contributed by atoms with Gasteiger partial charge in [-0.15, -0.1) is 11.6 Å². The van der Waals surface area contributed by atoms with Crippen LogP contribution in [-0.2, 0) is 17.2 Å². The van der Waals surface area contributed by atoms with Crippen molar-refractivity contribution in [1.82, 2.24) is 14.9 Å². The Morgan fingerprint density at radius 2 is 2.20 bits per heavy atom. The Bertz CT molecular complexity index is 651. The Kier molecular flexibility index (Phi) is 4.59. The van der Waals surface area contributed by atoms with Crippen molar-refractivity contribution in [2.45, 2.75) is 26.3 Å². The summed E-state index contributed by atoms with van der Waals surface area (Å²) in [6.07, 6.45) is 0. The Labute approximate surface area is 137 Å². The first kappa shape index (κ1) is 15.6. The summed E-state index contributed by atoms with van der Waals surface area (Å²) < 4.78 is 3.17. The fraction of sp³-hybridized carbons (Fsp3) is 0.429. The summed E-state index contributed by atoms with van der Waals surface area (Å²) in [6.45, 7) is 4.39. The summed E-state index contributed by atoms with van der Waals surface area (Å²) in [6, 6.07) is 6.08. The van der Waals surface area contributed by atoms with E-state index in [0.717, 1.165) is 20.4 Å². The van der Waals surface area contributed by atoms with Crippen LogP contribution in [0.2, 0.25) is 0 Å². The van der Waals surface area contributed by atoms with E-state index < -0.39 is 5.41 Å². The molecule has 0 saturated heterocycles. The lowest BCUT2D eigenvalue weighted by atomic mass is 9.92. The van der Waals surface area contributed by atoms with Gasteiger partial charge in [-0.1, -0.05) is 0 Å². The second-order valence-corrected chi connectivity index (χ2v) is 6.86. The van der Waals surface area contributed by atoms with Gasteiger partial charge in [-0.05, 0) is 54.6 Å². The molecule has 0 spiro atoms. The minimum atomic E-state index is -0.522. The zero-order valence-electron chi connectivity index (χ0n) is 11.7. The van der Waals surface area contributed by atoms with Gasteiger partial charge in [0.1, 0.15) is 5.82 Å². The van der Waals surface area contributed by atoms with Crippen LogP contribution in [0.1, 0.15) is 19.7 Å². The zero-order valence-corrected chi connectivity index (χ0v) is 14.6. The van der Waals surface area contributed by atoms with Crippen LogP contribution < -0.4 is 5.32 Å². The van der Waals surface area contributed by atoms with Crippen LogP contribution in [0.4, 0.5) is 0 Å². The predicted molar refractivity (Wildman–Crippen MR) is 89.9 cm³/mol. The summed E-state index contributed by atoms with van der Waals surface area (Å²) in [7, 11) is 1.65. The first-order valence-corrected chi connectivity index (χ1v) is 7.93. The number of benzene rings is 1. The van der Waals surface area contributed by atoms with Gasteiger partial charge in [-0.25, -0.2) is 4.98 Å². The smallest absolute Gasteiger partial charge is 0.227 e. The van der Waals surface area contributed by atoms with Crippen LogP contribution in [0.25, 0.3) is 11.0 Å². The molecular formula is C14H17ClIN3O. The molecule has 1 heterocycles. The number of hydrogen-bond acceptors (Lipinski definition) is 2. The van der Waals surface area contributed by atoms with Crippen LogP contribution in [0.15, 0.2) is 18.2 Å². The number of imidazole rings is 1. The molecule has 1 aromatic carbocycles. The number of rotatable bonds is 4. The molecule has 1 amide bonds. The van der Waals surface area contributed by atoms with Crippen molar-refractivity contribution in [2.75, 3.05) is 7.05 Å². The molecule has 0 bridgehead atoms. The van der Waals surface area contributed by atoms with Crippen LogP contribution >= 0.6 is 34.2 Å². The lowest BCUT2D eigenvalue weighted by Gasteiger charge is -2.24. The highest BCUT2D eigenvalue weighted by molar-refractivity contribution is 14.1. The van der Waals surface area contributed by atoms with Crippen molar-refractivity contribution in [3.05, 3.63) is 27.6 Å². The predicted octanol–water partition coefficient (Wildman–Crippen LogP) is 3.15. The number of alkyl halides is 1. The fourth-order valence-corrected chi connectivity index (χ4v) is 2.92. The van der Waals surface area contributed by atoms with E-state index in [1.807, 2.05) is 36.6 Å². The van der Waals surface area contributed by atoms with Crippen LogP contribution in [0.3, 0.4) is 0 Å². The highest BCUT2D eigenvalue weighted by Gasteiger charge is 2.28. The monoisotopic (exact) mass is 405 g/mol. The zero-order chi connectivity index (χ0) is 14.9. The first-order valence-electron chi connectivity index (χ1n) is 6.32. The topological polar surface area (TPSA) is 46.9 Å². The Hall–Kier alpha value is -0.820. The van der Waals surface area contributed by atoms with Gasteiger partial charge >= 0.3 is 0 Å². The third-order valence-corrected chi connectivity index (χ3v) is 4.21. The largest absolute Gasteiger partial charge is 0.359 e. The van der Waals surface area contributed by atoms with E-state index >= 15 is 0 Å².